The lowest BCUT2D eigenvalue weighted by Gasteiger charge is -2.61. The summed E-state index contributed by atoms with van der Waals surface area (Å²) in [6.45, 7) is 7.25. The lowest BCUT2D eigenvalue weighted by Crippen LogP contribution is -2.73. The lowest BCUT2D eigenvalue weighted by molar-refractivity contribution is -0.149. The fraction of sp³-hybridized carbons (Fsp3) is 0.419. The predicted octanol–water partition coefficient (Wildman–Crippen LogP) is 4.79. The van der Waals surface area contributed by atoms with E-state index in [2.05, 4.69) is 11.2 Å². The van der Waals surface area contributed by atoms with Crippen LogP contribution in [0.25, 0.3) is 16.8 Å². The van der Waals surface area contributed by atoms with Gasteiger partial charge in [0.05, 0.1) is 44.0 Å². The molecule has 1 spiro atoms. The van der Waals surface area contributed by atoms with Gasteiger partial charge in [0.15, 0.2) is 10.9 Å². The van der Waals surface area contributed by atoms with Gasteiger partial charge in [0.2, 0.25) is 5.91 Å². The number of pyridine rings is 1. The minimum atomic E-state index is -0.783. The van der Waals surface area contributed by atoms with E-state index in [1.807, 2.05) is 47.9 Å². The van der Waals surface area contributed by atoms with E-state index in [0.717, 1.165) is 17.5 Å². The fourth-order valence-electron chi connectivity index (χ4n) is 6.33. The van der Waals surface area contributed by atoms with Crippen LogP contribution in [0.2, 0.25) is 0 Å². The Morgan fingerprint density at radius 2 is 2.07 bits per heavy atom. The summed E-state index contributed by atoms with van der Waals surface area (Å²) >= 11 is 1.24. The Hall–Kier alpha value is -4.01. The molecule has 3 saturated heterocycles. The Kier molecular flexibility index (Phi) is 5.89. The van der Waals surface area contributed by atoms with E-state index >= 15 is 4.39 Å². The summed E-state index contributed by atoms with van der Waals surface area (Å²) in [7, 11) is 1.80. The third-order valence-electron chi connectivity index (χ3n) is 8.59. The van der Waals surface area contributed by atoms with Crippen LogP contribution < -0.4 is 9.80 Å². The molecular formula is C31H32FN7O2S. The Balaban J connectivity index is 1.21. The topological polar surface area (TPSA) is 90.0 Å². The van der Waals surface area contributed by atoms with Gasteiger partial charge in [-0.3, -0.25) is 4.79 Å². The van der Waals surface area contributed by atoms with Crippen LogP contribution in [0.5, 0.6) is 0 Å². The predicted molar refractivity (Wildman–Crippen MR) is 160 cm³/mol. The van der Waals surface area contributed by atoms with Crippen molar-refractivity contribution in [3.8, 4) is 17.3 Å². The van der Waals surface area contributed by atoms with E-state index < -0.39 is 12.0 Å². The highest BCUT2D eigenvalue weighted by Gasteiger charge is 2.54. The second kappa shape index (κ2) is 10.1. The molecule has 1 aromatic carbocycles. The second-order valence-corrected chi connectivity index (χ2v) is 12.6. The molecule has 0 bridgehead atoms. The second-order valence-electron chi connectivity index (χ2n) is 11.6. The molecule has 3 aliphatic heterocycles. The number of aryl methyl sites for hydroxylation is 2. The van der Waals surface area contributed by atoms with Gasteiger partial charge in [-0.05, 0) is 25.8 Å². The van der Waals surface area contributed by atoms with Crippen molar-refractivity contribution < 1.29 is 16.7 Å². The van der Waals surface area contributed by atoms with Crippen molar-refractivity contribution in [1.82, 2.24) is 19.5 Å². The number of carbonyl (C=O) groups is 1. The van der Waals surface area contributed by atoms with Crippen LogP contribution in [-0.4, -0.2) is 71.8 Å². The van der Waals surface area contributed by atoms with Crippen LogP contribution >= 0.6 is 11.3 Å². The van der Waals surface area contributed by atoms with Crippen molar-refractivity contribution in [1.29, 1.82) is 5.26 Å². The zero-order valence-corrected chi connectivity index (χ0v) is 24.6. The third-order valence-corrected chi connectivity index (χ3v) is 9.63. The van der Waals surface area contributed by atoms with Crippen LogP contribution in [0.1, 0.15) is 32.2 Å². The molecule has 3 aromatic heterocycles. The Morgan fingerprint density at radius 3 is 2.74 bits per heavy atom. The van der Waals surface area contributed by atoms with Gasteiger partial charge in [-0.15, -0.1) is 0 Å². The smallest absolute Gasteiger partial charge is 0.228 e. The molecule has 0 saturated carbocycles. The first kappa shape index (κ1) is 24.6. The molecule has 42 heavy (non-hydrogen) atoms. The zero-order valence-electron chi connectivity index (χ0n) is 25.8. The molecule has 11 heteroatoms. The van der Waals surface area contributed by atoms with Gasteiger partial charge in [-0.25, -0.2) is 13.9 Å². The van der Waals surface area contributed by atoms with E-state index in [1.165, 1.54) is 15.9 Å². The first-order valence-corrected chi connectivity index (χ1v) is 15.0. The van der Waals surface area contributed by atoms with Crippen molar-refractivity contribution in [2.75, 3.05) is 56.2 Å². The maximum Gasteiger partial charge on any atom is 0.228 e. The highest BCUT2D eigenvalue weighted by Crippen LogP contribution is 2.45. The van der Waals surface area contributed by atoms with Crippen LogP contribution in [-0.2, 0) is 16.0 Å². The molecule has 3 aliphatic rings. The van der Waals surface area contributed by atoms with Gasteiger partial charge in [0.1, 0.15) is 16.6 Å². The molecule has 3 fully saturated rings. The van der Waals surface area contributed by atoms with E-state index in [1.54, 1.807) is 11.9 Å². The summed E-state index contributed by atoms with van der Waals surface area (Å²) in [4.78, 5) is 23.5. The average molecular weight is 588 g/mol. The number of likely N-dealkylation sites (tertiary alicyclic amines) is 1. The van der Waals surface area contributed by atoms with E-state index in [0.29, 0.717) is 78.4 Å². The number of hydrogen-bond donors (Lipinski definition) is 0. The first-order valence-electron chi connectivity index (χ1n) is 15.2. The van der Waals surface area contributed by atoms with Crippen LogP contribution in [0.3, 0.4) is 0 Å². The number of ether oxygens (including phenoxy) is 1. The van der Waals surface area contributed by atoms with Crippen LogP contribution in [0.4, 0.5) is 20.9 Å². The lowest BCUT2D eigenvalue weighted by atomic mass is 9.72. The van der Waals surface area contributed by atoms with Gasteiger partial charge in [-0.1, -0.05) is 48.1 Å². The molecule has 7 rings (SSSR count). The number of rotatable bonds is 6. The Morgan fingerprint density at radius 1 is 1.31 bits per heavy atom. The summed E-state index contributed by atoms with van der Waals surface area (Å²) < 4.78 is 40.2. The van der Waals surface area contributed by atoms with Gasteiger partial charge >= 0.3 is 0 Å². The first-order chi connectivity index (χ1) is 21.1. The van der Waals surface area contributed by atoms with Gasteiger partial charge in [0.25, 0.3) is 0 Å². The molecule has 1 amide bonds. The third kappa shape index (κ3) is 4.32. The number of carbonyl (C=O) groups excluding carboxylic acids is 1. The summed E-state index contributed by atoms with van der Waals surface area (Å²) in [5, 5.41) is 15.0. The number of nitriles is 1. The minimum Gasteiger partial charge on any atom is -0.381 e. The van der Waals surface area contributed by atoms with Crippen molar-refractivity contribution in [3.05, 3.63) is 58.4 Å². The minimum absolute atomic E-state index is 0.0476. The van der Waals surface area contributed by atoms with E-state index in [9.17, 15) is 11.4 Å². The van der Waals surface area contributed by atoms with Gasteiger partial charge in [-0.2, -0.15) is 10.4 Å². The van der Waals surface area contributed by atoms with Gasteiger partial charge in [0, 0.05) is 50.8 Å². The van der Waals surface area contributed by atoms with Crippen LogP contribution in [0, 0.1) is 35.4 Å². The maximum absolute atomic E-state index is 15.8. The number of fused-ring (bicyclic) bond motifs is 1. The molecule has 0 unspecified atom stereocenters. The molecule has 4 aromatic rings. The number of nitrogens with zero attached hydrogens (tertiary/aromatic N) is 7. The summed E-state index contributed by atoms with van der Waals surface area (Å²) in [6.07, 6.45) is 0.828. The molecule has 216 valence electrons. The van der Waals surface area contributed by atoms with Gasteiger partial charge < -0.3 is 19.4 Å². The number of thiazole rings is 1. The average Bonchev–Trinajstić information content (AvgIpc) is 3.74. The molecule has 1 atom stereocenters. The van der Waals surface area contributed by atoms with Crippen molar-refractivity contribution in [3.63, 3.8) is 0 Å². The molecular weight excluding hydrogens is 553 g/mol. The Labute approximate surface area is 250 Å². The SMILES string of the molecule is [2H]c1c(N2CC3(CN(C(=O)[C@H]4CCOC4)C3)C2)c(F)c([2H])n2nc(CC)c(N(C)c3nc(-c4ccc(C)cc4)c(C#N)s3)c12. The summed E-state index contributed by atoms with van der Waals surface area (Å²) in [6, 6.07) is 10.0. The molecule has 6 heterocycles. The standard InChI is InChI=1S/C31H32FN7O2S/c1-4-23-28(36(3)30-34-27(26(12-33)42-30)20-7-5-19(2)6-8-20)25-11-24(22(32)13-39(25)35-23)37-15-31(16-37)17-38(18-31)29(40)21-9-10-41-14-21/h5-8,11,13,21H,4,9-10,14-18H2,1-3H3/t21-/m0/s1/i11D,13D. The maximum atomic E-state index is 15.8. The molecule has 0 radical (unpaired) electrons. The molecule has 0 aliphatic carbocycles. The molecule has 0 N–H and O–H groups in total. The fourth-order valence-corrected chi connectivity index (χ4v) is 7.18. The van der Waals surface area contributed by atoms with E-state index in [4.69, 9.17) is 11.1 Å². The highest BCUT2D eigenvalue weighted by atomic mass is 32.1. The number of hydrogen-bond acceptors (Lipinski definition) is 8. The number of benzene rings is 1. The Bertz CT molecular complexity index is 1830. The summed E-state index contributed by atoms with van der Waals surface area (Å²) in [5.41, 5.74) is 3.95. The van der Waals surface area contributed by atoms with Crippen molar-refractivity contribution in [2.24, 2.45) is 11.3 Å². The van der Waals surface area contributed by atoms with E-state index in [-0.39, 0.29) is 29.0 Å². The monoisotopic (exact) mass is 587 g/mol. The number of halogens is 1. The van der Waals surface area contributed by atoms with Crippen molar-refractivity contribution in [2.45, 2.75) is 26.7 Å². The van der Waals surface area contributed by atoms with Crippen molar-refractivity contribution >= 4 is 39.3 Å². The quantitative estimate of drug-likeness (QED) is 0.320. The number of aromatic nitrogens is 3. The summed E-state index contributed by atoms with van der Waals surface area (Å²) in [5.74, 6) is -0.732. The largest absolute Gasteiger partial charge is 0.381 e. The normalized spacial score (nSPS) is 19.8. The van der Waals surface area contributed by atoms with Crippen LogP contribution in [0.15, 0.2) is 36.5 Å². The number of anilines is 3. The molecule has 9 nitrogen and oxygen atoms in total. The highest BCUT2D eigenvalue weighted by molar-refractivity contribution is 7.16. The zero-order chi connectivity index (χ0) is 30.9. The number of amides is 1.